The second kappa shape index (κ2) is 5.30. The number of hydrogen-bond donors (Lipinski definition) is 2. The molecule has 1 saturated carbocycles. The molecular weight excluding hydrogens is 204 g/mol. The second-order valence-corrected chi connectivity index (χ2v) is 4.53. The van der Waals surface area contributed by atoms with Crippen LogP contribution in [-0.4, -0.2) is 22.7 Å². The van der Waals surface area contributed by atoms with Crippen LogP contribution in [0, 0.1) is 12.8 Å². The van der Waals surface area contributed by atoms with Gasteiger partial charge >= 0.3 is 6.01 Å². The van der Waals surface area contributed by atoms with Crippen molar-refractivity contribution in [1.82, 2.24) is 10.1 Å². The highest BCUT2D eigenvalue weighted by Crippen LogP contribution is 2.27. The Hall–Kier alpha value is -1.10. The summed E-state index contributed by atoms with van der Waals surface area (Å²) in [6.45, 7) is 2.43. The van der Waals surface area contributed by atoms with Gasteiger partial charge in [-0.15, -0.1) is 0 Å². The smallest absolute Gasteiger partial charge is 0.321 e. The molecule has 0 aliphatic heterocycles. The maximum Gasteiger partial charge on any atom is 0.321 e. The molecule has 1 aromatic heterocycles. The van der Waals surface area contributed by atoms with Gasteiger partial charge in [-0.1, -0.05) is 24.4 Å². The Bertz CT molecular complexity index is 320. The number of hydrogen-bond acceptors (Lipinski definition) is 5. The summed E-state index contributed by atoms with van der Waals surface area (Å²) in [5, 5.41) is 7.01. The van der Waals surface area contributed by atoms with Crippen LogP contribution in [0.5, 0.6) is 0 Å². The summed E-state index contributed by atoms with van der Waals surface area (Å²) in [4.78, 5) is 4.15. The summed E-state index contributed by atoms with van der Waals surface area (Å²) >= 11 is 0. The molecule has 0 bridgehead atoms. The van der Waals surface area contributed by atoms with E-state index in [0.717, 1.165) is 0 Å². The average Bonchev–Trinajstić information content (AvgIpc) is 2.73. The van der Waals surface area contributed by atoms with Crippen molar-refractivity contribution < 1.29 is 4.52 Å². The Morgan fingerprint density at radius 2 is 2.19 bits per heavy atom. The number of rotatable bonds is 4. The summed E-state index contributed by atoms with van der Waals surface area (Å²) in [5.41, 5.74) is 5.81. The van der Waals surface area contributed by atoms with Gasteiger partial charge in [0, 0.05) is 12.6 Å². The van der Waals surface area contributed by atoms with E-state index < -0.39 is 0 Å². The number of aromatic nitrogens is 2. The Labute approximate surface area is 95.8 Å². The van der Waals surface area contributed by atoms with Crippen molar-refractivity contribution in [3.8, 4) is 0 Å². The van der Waals surface area contributed by atoms with E-state index in [1.807, 2.05) is 6.92 Å². The fourth-order valence-electron chi connectivity index (χ4n) is 2.42. The lowest BCUT2D eigenvalue weighted by molar-refractivity contribution is 0.313. The highest BCUT2D eigenvalue weighted by molar-refractivity contribution is 5.21. The van der Waals surface area contributed by atoms with Gasteiger partial charge < -0.3 is 15.6 Å². The normalized spacial score (nSPS) is 19.6. The number of aryl methyl sites for hydroxylation is 1. The van der Waals surface area contributed by atoms with Crippen LogP contribution in [0.4, 0.5) is 6.01 Å². The molecule has 0 radical (unpaired) electrons. The monoisotopic (exact) mass is 224 g/mol. The van der Waals surface area contributed by atoms with Gasteiger partial charge in [-0.25, -0.2) is 0 Å². The van der Waals surface area contributed by atoms with Crippen LogP contribution in [0.2, 0.25) is 0 Å². The molecule has 0 aromatic carbocycles. The molecule has 1 aromatic rings. The molecule has 0 saturated heterocycles. The molecule has 1 fully saturated rings. The van der Waals surface area contributed by atoms with Gasteiger partial charge in [0.05, 0.1) is 0 Å². The molecule has 1 aliphatic carbocycles. The minimum atomic E-state index is 0.264. The van der Waals surface area contributed by atoms with Crippen LogP contribution < -0.4 is 11.1 Å². The first-order chi connectivity index (χ1) is 7.79. The average molecular weight is 224 g/mol. The Morgan fingerprint density at radius 1 is 1.44 bits per heavy atom. The zero-order chi connectivity index (χ0) is 11.4. The van der Waals surface area contributed by atoms with Crippen LogP contribution in [0.3, 0.4) is 0 Å². The third-order valence-electron chi connectivity index (χ3n) is 3.31. The highest BCUT2D eigenvalue weighted by atomic mass is 16.5. The first-order valence-corrected chi connectivity index (χ1v) is 6.06. The van der Waals surface area contributed by atoms with Crippen molar-refractivity contribution in [2.45, 2.75) is 45.1 Å². The van der Waals surface area contributed by atoms with Gasteiger partial charge in [-0.05, 0) is 25.7 Å². The summed E-state index contributed by atoms with van der Waals surface area (Å²) in [5.74, 6) is 1.30. The maximum absolute atomic E-state index is 5.81. The predicted octanol–water partition coefficient (Wildman–Crippen LogP) is 1.70. The van der Waals surface area contributed by atoms with Crippen molar-refractivity contribution in [3.05, 3.63) is 5.82 Å². The van der Waals surface area contributed by atoms with E-state index in [4.69, 9.17) is 10.3 Å². The van der Waals surface area contributed by atoms with E-state index in [0.29, 0.717) is 24.3 Å². The lowest BCUT2D eigenvalue weighted by Crippen LogP contribution is -2.37. The summed E-state index contributed by atoms with van der Waals surface area (Å²) in [7, 11) is 0. The van der Waals surface area contributed by atoms with Gasteiger partial charge in [0.15, 0.2) is 5.82 Å². The highest BCUT2D eigenvalue weighted by Gasteiger charge is 2.23. The molecule has 2 rings (SSSR count). The fraction of sp³-hybridized carbons (Fsp3) is 0.818. The SMILES string of the molecule is Cc1noc(NC(CN)C2CCCCC2)n1. The van der Waals surface area contributed by atoms with Crippen LogP contribution in [0.15, 0.2) is 4.52 Å². The largest absolute Gasteiger partial charge is 0.333 e. The molecule has 3 N–H and O–H groups in total. The molecule has 5 heteroatoms. The predicted molar refractivity (Wildman–Crippen MR) is 62.1 cm³/mol. The fourth-order valence-corrected chi connectivity index (χ4v) is 2.42. The van der Waals surface area contributed by atoms with Crippen LogP contribution in [0.25, 0.3) is 0 Å². The number of nitrogens with zero attached hydrogens (tertiary/aromatic N) is 2. The zero-order valence-electron chi connectivity index (χ0n) is 9.78. The van der Waals surface area contributed by atoms with Crippen molar-refractivity contribution >= 4 is 6.01 Å². The van der Waals surface area contributed by atoms with Crippen LogP contribution in [0.1, 0.15) is 37.9 Å². The maximum atomic E-state index is 5.81. The molecule has 0 amide bonds. The number of nitrogens with two attached hydrogens (primary N) is 1. The van der Waals surface area contributed by atoms with Gasteiger partial charge in [0.25, 0.3) is 0 Å². The topological polar surface area (TPSA) is 77.0 Å². The van der Waals surface area contributed by atoms with Gasteiger partial charge in [-0.3, -0.25) is 0 Å². The third-order valence-corrected chi connectivity index (χ3v) is 3.31. The Kier molecular flexibility index (Phi) is 3.77. The van der Waals surface area contributed by atoms with Crippen molar-refractivity contribution in [2.75, 3.05) is 11.9 Å². The second-order valence-electron chi connectivity index (χ2n) is 4.53. The molecule has 1 aliphatic rings. The van der Waals surface area contributed by atoms with E-state index in [2.05, 4.69) is 15.5 Å². The lowest BCUT2D eigenvalue weighted by Gasteiger charge is -2.29. The Balaban J connectivity index is 1.94. The van der Waals surface area contributed by atoms with E-state index in [1.165, 1.54) is 32.1 Å². The van der Waals surface area contributed by atoms with E-state index >= 15 is 0 Å². The third kappa shape index (κ3) is 2.72. The summed E-state index contributed by atoms with van der Waals surface area (Å²) < 4.78 is 5.06. The van der Waals surface area contributed by atoms with E-state index in [9.17, 15) is 0 Å². The van der Waals surface area contributed by atoms with Gasteiger partial charge in [0.2, 0.25) is 0 Å². The van der Waals surface area contributed by atoms with Crippen molar-refractivity contribution in [1.29, 1.82) is 0 Å². The van der Waals surface area contributed by atoms with Crippen molar-refractivity contribution in [2.24, 2.45) is 11.7 Å². The number of nitrogens with one attached hydrogen (secondary N) is 1. The van der Waals surface area contributed by atoms with Crippen LogP contribution >= 0.6 is 0 Å². The molecular formula is C11H20N4O. The van der Waals surface area contributed by atoms with Gasteiger partial charge in [-0.2, -0.15) is 4.98 Å². The van der Waals surface area contributed by atoms with E-state index in [1.54, 1.807) is 0 Å². The summed E-state index contributed by atoms with van der Waals surface area (Å²) in [6.07, 6.45) is 6.48. The van der Waals surface area contributed by atoms with E-state index in [-0.39, 0.29) is 6.04 Å². The van der Waals surface area contributed by atoms with Crippen molar-refractivity contribution in [3.63, 3.8) is 0 Å². The minimum absolute atomic E-state index is 0.264. The Morgan fingerprint density at radius 3 is 2.75 bits per heavy atom. The first-order valence-electron chi connectivity index (χ1n) is 6.06. The molecule has 1 atom stereocenters. The molecule has 0 spiro atoms. The molecule has 16 heavy (non-hydrogen) atoms. The standard InChI is InChI=1S/C11H20N4O/c1-8-13-11(16-15-8)14-10(7-12)9-5-3-2-4-6-9/h9-10H,2-7,12H2,1H3,(H,13,14,15). The van der Waals surface area contributed by atoms with Crippen LogP contribution in [-0.2, 0) is 0 Å². The minimum Gasteiger partial charge on any atom is -0.333 e. The molecule has 1 heterocycles. The first kappa shape index (κ1) is 11.4. The lowest BCUT2D eigenvalue weighted by atomic mass is 9.84. The molecule has 90 valence electrons. The zero-order valence-corrected chi connectivity index (χ0v) is 9.78. The number of anilines is 1. The molecule has 1 unspecified atom stereocenters. The molecule has 5 nitrogen and oxygen atoms in total. The summed E-state index contributed by atoms with van der Waals surface area (Å²) in [6, 6.07) is 0.763. The van der Waals surface area contributed by atoms with Gasteiger partial charge in [0.1, 0.15) is 0 Å². The quantitative estimate of drug-likeness (QED) is 0.814.